The number of likely N-dealkylation sites (N-methyl/N-ethyl adjacent to an activating group) is 1. The zero-order valence-electron chi connectivity index (χ0n) is 10.7. The minimum absolute atomic E-state index is 0.412. The van der Waals surface area contributed by atoms with E-state index in [1.54, 1.807) is 7.11 Å². The van der Waals surface area contributed by atoms with Crippen LogP contribution in [0.1, 0.15) is 19.4 Å². The van der Waals surface area contributed by atoms with Gasteiger partial charge in [-0.2, -0.15) is 0 Å². The highest BCUT2D eigenvalue weighted by Crippen LogP contribution is 2.22. The first-order valence-electron chi connectivity index (χ1n) is 5.85. The lowest BCUT2D eigenvalue weighted by molar-refractivity contribution is 0.0981. The molecule has 4 heteroatoms. The molecular weight excluding hydrogens is 280 g/mol. The van der Waals surface area contributed by atoms with Crippen LogP contribution in [0.4, 0.5) is 5.69 Å². The Balaban J connectivity index is 2.73. The Hall–Kier alpha value is -0.580. The summed E-state index contributed by atoms with van der Waals surface area (Å²) in [7, 11) is 1.74. The number of ether oxygens (including phenoxy) is 1. The lowest BCUT2D eigenvalue weighted by Gasteiger charge is -2.27. The molecule has 1 aromatic carbocycles. The number of hydrogen-bond donors (Lipinski definition) is 1. The van der Waals surface area contributed by atoms with Crippen LogP contribution >= 0.6 is 15.9 Å². The smallest absolute Gasteiger partial charge is 0.0615 e. The third kappa shape index (κ3) is 4.30. The van der Waals surface area contributed by atoms with E-state index in [1.165, 1.54) is 5.56 Å². The van der Waals surface area contributed by atoms with Gasteiger partial charge in [0.2, 0.25) is 0 Å². The summed E-state index contributed by atoms with van der Waals surface area (Å²) in [6.07, 6.45) is 0. The van der Waals surface area contributed by atoms with Crippen LogP contribution in [-0.2, 0) is 11.3 Å². The fraction of sp³-hybridized carbons (Fsp3) is 0.538. The summed E-state index contributed by atoms with van der Waals surface area (Å²) in [6, 6.07) is 6.37. The Kier molecular flexibility index (Phi) is 5.95. The zero-order valence-corrected chi connectivity index (χ0v) is 12.3. The second kappa shape index (κ2) is 6.99. The van der Waals surface area contributed by atoms with Crippen LogP contribution in [0.2, 0.25) is 0 Å². The third-order valence-corrected chi connectivity index (χ3v) is 3.63. The molecule has 0 bridgehead atoms. The molecule has 1 rings (SSSR count). The fourth-order valence-corrected chi connectivity index (χ4v) is 2.36. The second-order valence-corrected chi connectivity index (χ2v) is 5.07. The Morgan fingerprint density at radius 1 is 1.47 bits per heavy atom. The van der Waals surface area contributed by atoms with Gasteiger partial charge in [-0.1, -0.05) is 28.9 Å². The van der Waals surface area contributed by atoms with Crippen LogP contribution in [0.25, 0.3) is 0 Å². The van der Waals surface area contributed by atoms with E-state index in [9.17, 15) is 0 Å². The van der Waals surface area contributed by atoms with Crippen LogP contribution < -0.4 is 5.73 Å². The molecule has 0 fully saturated rings. The van der Waals surface area contributed by atoms with Gasteiger partial charge in [0.1, 0.15) is 0 Å². The third-order valence-electron chi connectivity index (χ3n) is 2.89. The fourth-order valence-electron chi connectivity index (χ4n) is 1.84. The van der Waals surface area contributed by atoms with Crippen molar-refractivity contribution in [3.05, 3.63) is 28.2 Å². The normalized spacial score (nSPS) is 13.0. The summed E-state index contributed by atoms with van der Waals surface area (Å²) in [5.41, 5.74) is 7.77. The average Bonchev–Trinajstić information content (AvgIpc) is 2.28. The SMILES string of the molecule is CCN(Cc1ccc(N)cc1Br)C(C)COC. The molecule has 0 aliphatic rings. The summed E-state index contributed by atoms with van der Waals surface area (Å²) < 4.78 is 6.27. The van der Waals surface area contributed by atoms with Crippen molar-refractivity contribution in [3.63, 3.8) is 0 Å². The summed E-state index contributed by atoms with van der Waals surface area (Å²) in [5.74, 6) is 0. The molecule has 0 aromatic heterocycles. The van der Waals surface area contributed by atoms with Crippen molar-refractivity contribution >= 4 is 21.6 Å². The summed E-state index contributed by atoms with van der Waals surface area (Å²) in [5, 5.41) is 0. The highest BCUT2D eigenvalue weighted by Gasteiger charge is 2.13. The number of nitrogens with two attached hydrogens (primary N) is 1. The molecule has 1 unspecified atom stereocenters. The maximum Gasteiger partial charge on any atom is 0.0615 e. The predicted molar refractivity (Wildman–Crippen MR) is 76.0 cm³/mol. The highest BCUT2D eigenvalue weighted by molar-refractivity contribution is 9.10. The quantitative estimate of drug-likeness (QED) is 0.821. The van der Waals surface area contributed by atoms with Gasteiger partial charge in [-0.05, 0) is 31.2 Å². The Bertz CT molecular complexity index is 357. The molecule has 0 aliphatic carbocycles. The van der Waals surface area contributed by atoms with Gasteiger partial charge in [-0.25, -0.2) is 0 Å². The number of nitrogens with zero attached hydrogens (tertiary/aromatic N) is 1. The number of hydrogen-bond acceptors (Lipinski definition) is 3. The average molecular weight is 301 g/mol. The van der Waals surface area contributed by atoms with Gasteiger partial charge < -0.3 is 10.5 Å². The Labute approximate surface area is 112 Å². The minimum atomic E-state index is 0.412. The molecule has 0 radical (unpaired) electrons. The molecule has 1 aromatic rings. The van der Waals surface area contributed by atoms with Gasteiger partial charge in [0.25, 0.3) is 0 Å². The summed E-state index contributed by atoms with van der Waals surface area (Å²) in [6.45, 7) is 7.00. The molecule has 96 valence electrons. The van der Waals surface area contributed by atoms with Crippen molar-refractivity contribution in [2.75, 3.05) is 26.0 Å². The number of halogens is 1. The van der Waals surface area contributed by atoms with Crippen molar-refractivity contribution in [1.29, 1.82) is 0 Å². The minimum Gasteiger partial charge on any atom is -0.399 e. The van der Waals surface area contributed by atoms with Crippen molar-refractivity contribution in [2.45, 2.75) is 26.4 Å². The molecule has 0 saturated carbocycles. The first-order valence-corrected chi connectivity index (χ1v) is 6.64. The summed E-state index contributed by atoms with van der Waals surface area (Å²) in [4.78, 5) is 2.37. The molecular formula is C13H21BrN2O. The number of benzene rings is 1. The van der Waals surface area contributed by atoms with Crippen molar-refractivity contribution in [1.82, 2.24) is 4.90 Å². The molecule has 0 aliphatic heterocycles. The zero-order chi connectivity index (χ0) is 12.8. The van der Waals surface area contributed by atoms with E-state index < -0.39 is 0 Å². The molecule has 2 N–H and O–H groups in total. The molecule has 0 amide bonds. The van der Waals surface area contributed by atoms with Gasteiger partial charge in [-0.3, -0.25) is 4.90 Å². The Morgan fingerprint density at radius 2 is 2.18 bits per heavy atom. The van der Waals surface area contributed by atoms with E-state index in [0.29, 0.717) is 6.04 Å². The van der Waals surface area contributed by atoms with Crippen molar-refractivity contribution in [2.24, 2.45) is 0 Å². The van der Waals surface area contributed by atoms with Crippen molar-refractivity contribution < 1.29 is 4.74 Å². The van der Waals surface area contributed by atoms with E-state index in [0.717, 1.165) is 29.9 Å². The van der Waals surface area contributed by atoms with Gasteiger partial charge in [0, 0.05) is 29.9 Å². The molecule has 1 atom stereocenters. The maximum absolute atomic E-state index is 5.73. The van der Waals surface area contributed by atoms with Gasteiger partial charge >= 0.3 is 0 Å². The number of nitrogen functional groups attached to an aromatic ring is 1. The predicted octanol–water partition coefficient (Wildman–Crippen LogP) is 2.89. The maximum atomic E-state index is 5.73. The largest absolute Gasteiger partial charge is 0.399 e. The van der Waals surface area contributed by atoms with Crippen molar-refractivity contribution in [3.8, 4) is 0 Å². The van der Waals surface area contributed by atoms with E-state index in [2.05, 4.69) is 40.7 Å². The molecule has 0 spiro atoms. The van der Waals surface area contributed by atoms with Gasteiger partial charge in [-0.15, -0.1) is 0 Å². The van der Waals surface area contributed by atoms with E-state index in [4.69, 9.17) is 10.5 Å². The van der Waals surface area contributed by atoms with E-state index >= 15 is 0 Å². The lowest BCUT2D eigenvalue weighted by atomic mass is 10.1. The monoisotopic (exact) mass is 300 g/mol. The molecule has 0 heterocycles. The van der Waals surface area contributed by atoms with Gasteiger partial charge in [0.15, 0.2) is 0 Å². The first-order chi connectivity index (χ1) is 8.08. The van der Waals surface area contributed by atoms with Crippen LogP contribution in [0.15, 0.2) is 22.7 Å². The van der Waals surface area contributed by atoms with E-state index in [1.807, 2.05) is 12.1 Å². The first kappa shape index (κ1) is 14.5. The van der Waals surface area contributed by atoms with Gasteiger partial charge in [0.05, 0.1) is 6.61 Å². The molecule has 0 saturated heterocycles. The molecule has 3 nitrogen and oxygen atoms in total. The van der Waals surface area contributed by atoms with Crippen LogP contribution in [-0.4, -0.2) is 31.2 Å². The van der Waals surface area contributed by atoms with E-state index in [-0.39, 0.29) is 0 Å². The second-order valence-electron chi connectivity index (χ2n) is 4.22. The van der Waals surface area contributed by atoms with Crippen LogP contribution in [0.5, 0.6) is 0 Å². The topological polar surface area (TPSA) is 38.5 Å². The number of methoxy groups -OCH3 is 1. The molecule has 17 heavy (non-hydrogen) atoms. The number of anilines is 1. The lowest BCUT2D eigenvalue weighted by Crippen LogP contribution is -2.35. The highest BCUT2D eigenvalue weighted by atomic mass is 79.9. The standard InChI is InChI=1S/C13H21BrN2O/c1-4-16(10(2)9-17-3)8-11-5-6-12(15)7-13(11)14/h5-7,10H,4,8-9,15H2,1-3H3. The van der Waals surface area contributed by atoms with Crippen LogP contribution in [0, 0.1) is 0 Å². The summed E-state index contributed by atoms with van der Waals surface area (Å²) >= 11 is 3.55. The van der Waals surface area contributed by atoms with Crippen LogP contribution in [0.3, 0.4) is 0 Å². The Morgan fingerprint density at radius 3 is 2.71 bits per heavy atom. The number of rotatable bonds is 6.